The number of rotatable bonds is 9. The van der Waals surface area contributed by atoms with E-state index >= 15 is 0 Å². The summed E-state index contributed by atoms with van der Waals surface area (Å²) in [4.78, 5) is 13.6. The molecule has 4 nitrogen and oxygen atoms in total. The van der Waals surface area contributed by atoms with Crippen molar-refractivity contribution >= 4 is 39.6 Å². The van der Waals surface area contributed by atoms with Crippen LogP contribution in [-0.4, -0.2) is 24.7 Å². The SMILES string of the molecule is CCCCC(CC)CNC(=S)Nc1sc(C)c(-c2ccccc2)c1C(=O)OC. The van der Waals surface area contributed by atoms with Gasteiger partial charge in [-0.05, 0) is 37.0 Å². The normalized spacial score (nSPS) is 11.7. The summed E-state index contributed by atoms with van der Waals surface area (Å²) in [6.07, 6.45) is 4.77. The number of methoxy groups -OCH3 is 1. The lowest BCUT2D eigenvalue weighted by Crippen LogP contribution is -2.33. The van der Waals surface area contributed by atoms with Gasteiger partial charge in [0.25, 0.3) is 0 Å². The molecule has 0 saturated heterocycles. The summed E-state index contributed by atoms with van der Waals surface area (Å²) in [5.41, 5.74) is 2.43. The van der Waals surface area contributed by atoms with E-state index in [-0.39, 0.29) is 5.97 Å². The Balaban J connectivity index is 2.19. The Labute approximate surface area is 177 Å². The predicted octanol–water partition coefficient (Wildman–Crippen LogP) is 6.01. The molecule has 6 heteroatoms. The van der Waals surface area contributed by atoms with Crippen molar-refractivity contribution in [1.29, 1.82) is 0 Å². The second-order valence-corrected chi connectivity index (χ2v) is 8.48. The van der Waals surface area contributed by atoms with Crippen molar-refractivity contribution in [3.63, 3.8) is 0 Å². The minimum absolute atomic E-state index is 0.358. The van der Waals surface area contributed by atoms with Crippen LogP contribution in [0.15, 0.2) is 30.3 Å². The van der Waals surface area contributed by atoms with Crippen molar-refractivity contribution in [2.24, 2.45) is 5.92 Å². The highest BCUT2D eigenvalue weighted by atomic mass is 32.1. The molecule has 0 saturated carbocycles. The lowest BCUT2D eigenvalue weighted by atomic mass is 9.99. The second kappa shape index (κ2) is 11.2. The predicted molar refractivity (Wildman–Crippen MR) is 123 cm³/mol. The molecule has 0 fully saturated rings. The number of ether oxygens (including phenoxy) is 1. The molecule has 2 aromatic rings. The van der Waals surface area contributed by atoms with E-state index in [0.29, 0.717) is 16.6 Å². The molecule has 0 bridgehead atoms. The molecule has 1 heterocycles. The number of thiophene rings is 1. The van der Waals surface area contributed by atoms with E-state index in [9.17, 15) is 4.79 Å². The Morgan fingerprint density at radius 2 is 1.96 bits per heavy atom. The molecule has 0 amide bonds. The molecule has 152 valence electrons. The number of hydrogen-bond acceptors (Lipinski definition) is 4. The zero-order valence-electron chi connectivity index (χ0n) is 17.1. The average molecular weight is 419 g/mol. The van der Waals surface area contributed by atoms with Crippen molar-refractivity contribution < 1.29 is 9.53 Å². The Bertz CT molecular complexity index is 787. The molecular weight excluding hydrogens is 388 g/mol. The van der Waals surface area contributed by atoms with Gasteiger partial charge < -0.3 is 15.4 Å². The van der Waals surface area contributed by atoms with Gasteiger partial charge in [0.1, 0.15) is 10.6 Å². The van der Waals surface area contributed by atoms with Gasteiger partial charge in [0.15, 0.2) is 5.11 Å². The third-order valence-electron chi connectivity index (χ3n) is 4.86. The first-order chi connectivity index (χ1) is 13.5. The van der Waals surface area contributed by atoms with Gasteiger partial charge in [0.2, 0.25) is 0 Å². The van der Waals surface area contributed by atoms with Gasteiger partial charge in [0, 0.05) is 17.0 Å². The van der Waals surface area contributed by atoms with Crippen LogP contribution in [0.2, 0.25) is 0 Å². The molecule has 0 radical (unpaired) electrons. The van der Waals surface area contributed by atoms with Gasteiger partial charge in [-0.2, -0.15) is 0 Å². The van der Waals surface area contributed by atoms with Crippen LogP contribution < -0.4 is 10.6 Å². The smallest absolute Gasteiger partial charge is 0.341 e. The highest BCUT2D eigenvalue weighted by Crippen LogP contribution is 2.40. The molecular formula is C22H30N2O2S2. The summed E-state index contributed by atoms with van der Waals surface area (Å²) in [7, 11) is 1.41. The number of esters is 1. The minimum atomic E-state index is -0.358. The largest absolute Gasteiger partial charge is 0.465 e. The third-order valence-corrected chi connectivity index (χ3v) is 6.12. The van der Waals surface area contributed by atoms with Crippen LogP contribution >= 0.6 is 23.6 Å². The van der Waals surface area contributed by atoms with E-state index in [2.05, 4.69) is 24.5 Å². The summed E-state index contributed by atoms with van der Waals surface area (Å²) < 4.78 is 5.06. The first-order valence-electron chi connectivity index (χ1n) is 9.83. The molecule has 1 aromatic carbocycles. The number of hydrogen-bond donors (Lipinski definition) is 2. The summed E-state index contributed by atoms with van der Waals surface area (Å²) in [6.45, 7) is 7.28. The quantitative estimate of drug-likeness (QED) is 0.386. The van der Waals surface area contributed by atoms with Crippen molar-refractivity contribution in [1.82, 2.24) is 5.32 Å². The fourth-order valence-electron chi connectivity index (χ4n) is 3.21. The van der Waals surface area contributed by atoms with Gasteiger partial charge in [0.05, 0.1) is 7.11 Å². The Kier molecular flexibility index (Phi) is 8.93. The highest BCUT2D eigenvalue weighted by Gasteiger charge is 2.24. The van der Waals surface area contributed by atoms with Gasteiger partial charge in [-0.3, -0.25) is 0 Å². The first kappa shape index (κ1) is 22.4. The fraction of sp³-hybridized carbons (Fsp3) is 0.455. The Morgan fingerprint density at radius 1 is 1.25 bits per heavy atom. The maximum atomic E-state index is 12.5. The number of thiocarbonyl (C=S) groups is 1. The van der Waals surface area contributed by atoms with E-state index in [4.69, 9.17) is 17.0 Å². The number of nitrogens with one attached hydrogen (secondary N) is 2. The van der Waals surface area contributed by atoms with E-state index in [1.54, 1.807) is 0 Å². The van der Waals surface area contributed by atoms with Crippen LogP contribution in [0.25, 0.3) is 11.1 Å². The zero-order chi connectivity index (χ0) is 20.5. The molecule has 0 aliphatic rings. The third kappa shape index (κ3) is 5.79. The number of anilines is 1. The van der Waals surface area contributed by atoms with Crippen LogP contribution in [0.1, 0.15) is 54.8 Å². The standard InChI is InChI=1S/C22H30N2O2S2/c1-5-7-11-16(6-2)14-23-22(27)24-20-19(21(25)26-4)18(15(3)28-20)17-12-9-8-10-13-17/h8-10,12-13,16H,5-7,11,14H2,1-4H3,(H2,23,24,27). The molecule has 0 aliphatic heterocycles. The zero-order valence-corrected chi connectivity index (χ0v) is 18.8. The molecule has 1 atom stereocenters. The Morgan fingerprint density at radius 3 is 2.57 bits per heavy atom. The van der Waals surface area contributed by atoms with Crippen molar-refractivity contribution in [3.8, 4) is 11.1 Å². The van der Waals surface area contributed by atoms with E-state index in [1.165, 1.54) is 37.7 Å². The molecule has 28 heavy (non-hydrogen) atoms. The van der Waals surface area contributed by atoms with E-state index < -0.39 is 0 Å². The average Bonchev–Trinajstić information content (AvgIpc) is 3.03. The van der Waals surface area contributed by atoms with Gasteiger partial charge >= 0.3 is 5.97 Å². The van der Waals surface area contributed by atoms with Gasteiger partial charge in [-0.15, -0.1) is 11.3 Å². The summed E-state index contributed by atoms with van der Waals surface area (Å²) in [5, 5.41) is 7.82. The van der Waals surface area contributed by atoms with Gasteiger partial charge in [-0.25, -0.2) is 4.79 Å². The summed E-state index contributed by atoms with van der Waals surface area (Å²) >= 11 is 7.02. The molecule has 2 rings (SSSR count). The number of benzene rings is 1. The van der Waals surface area contributed by atoms with Crippen LogP contribution in [0.5, 0.6) is 0 Å². The summed E-state index contributed by atoms with van der Waals surface area (Å²) in [5.74, 6) is 0.243. The van der Waals surface area contributed by atoms with E-state index in [0.717, 1.165) is 34.0 Å². The monoisotopic (exact) mass is 418 g/mol. The number of carbonyl (C=O) groups is 1. The van der Waals surface area contributed by atoms with Crippen molar-refractivity contribution in [2.75, 3.05) is 19.0 Å². The molecule has 0 spiro atoms. The minimum Gasteiger partial charge on any atom is -0.465 e. The Hall–Kier alpha value is -1.92. The molecule has 0 aliphatic carbocycles. The topological polar surface area (TPSA) is 50.4 Å². The number of aryl methyl sites for hydroxylation is 1. The lowest BCUT2D eigenvalue weighted by Gasteiger charge is -2.17. The summed E-state index contributed by atoms with van der Waals surface area (Å²) in [6, 6.07) is 9.90. The van der Waals surface area contributed by atoms with Crippen LogP contribution in [0.4, 0.5) is 5.00 Å². The van der Waals surface area contributed by atoms with E-state index in [1.807, 2.05) is 37.3 Å². The lowest BCUT2D eigenvalue weighted by molar-refractivity contribution is 0.0603. The molecule has 1 aromatic heterocycles. The van der Waals surface area contributed by atoms with Crippen LogP contribution in [0, 0.1) is 12.8 Å². The van der Waals surface area contributed by atoms with Gasteiger partial charge in [-0.1, -0.05) is 63.4 Å². The molecule has 1 unspecified atom stereocenters. The number of unbranched alkanes of at least 4 members (excludes halogenated alkanes) is 1. The maximum Gasteiger partial charge on any atom is 0.341 e. The highest BCUT2D eigenvalue weighted by molar-refractivity contribution is 7.80. The van der Waals surface area contributed by atoms with Crippen LogP contribution in [0.3, 0.4) is 0 Å². The maximum absolute atomic E-state index is 12.5. The van der Waals surface area contributed by atoms with Crippen molar-refractivity contribution in [2.45, 2.75) is 46.5 Å². The first-order valence-corrected chi connectivity index (χ1v) is 11.1. The fourth-order valence-corrected chi connectivity index (χ4v) is 4.53. The number of carbonyl (C=O) groups excluding carboxylic acids is 1. The second-order valence-electron chi connectivity index (χ2n) is 6.85. The van der Waals surface area contributed by atoms with Crippen LogP contribution in [-0.2, 0) is 4.74 Å². The molecule has 2 N–H and O–H groups in total. The van der Waals surface area contributed by atoms with Crippen molar-refractivity contribution in [3.05, 3.63) is 40.8 Å².